The Labute approximate surface area is 95.4 Å². The van der Waals surface area contributed by atoms with Crippen LogP contribution in [-0.4, -0.2) is 19.8 Å². The lowest BCUT2D eigenvalue weighted by Gasteiger charge is -2.20. The van der Waals surface area contributed by atoms with Crippen LogP contribution in [0, 0.1) is 5.82 Å². The summed E-state index contributed by atoms with van der Waals surface area (Å²) in [5.41, 5.74) is 6.39. The smallest absolute Gasteiger partial charge is 0.168 e. The van der Waals surface area contributed by atoms with Gasteiger partial charge in [0.1, 0.15) is 5.75 Å². The molecule has 3 nitrogen and oxygen atoms in total. The number of hydrogen-bond donors (Lipinski definition) is 1. The lowest BCUT2D eigenvalue weighted by Crippen LogP contribution is -2.34. The van der Waals surface area contributed by atoms with Crippen molar-refractivity contribution >= 4 is 0 Å². The van der Waals surface area contributed by atoms with Crippen molar-refractivity contribution in [1.82, 2.24) is 0 Å². The van der Waals surface area contributed by atoms with Crippen LogP contribution in [0.3, 0.4) is 0 Å². The predicted octanol–water partition coefficient (Wildman–Crippen LogP) is 2.12. The fraction of sp³-hybridized carbons (Fsp3) is 0.500. The third-order valence-electron chi connectivity index (χ3n) is 2.20. The molecule has 16 heavy (non-hydrogen) atoms. The zero-order valence-corrected chi connectivity index (χ0v) is 10.1. The Morgan fingerprint density at radius 1 is 1.19 bits per heavy atom. The summed E-state index contributed by atoms with van der Waals surface area (Å²) in [6.07, 6.45) is 0.590. The summed E-state index contributed by atoms with van der Waals surface area (Å²) in [6.45, 7) is 3.81. The largest absolute Gasteiger partial charge is 0.496 e. The molecule has 1 rings (SSSR count). The van der Waals surface area contributed by atoms with Crippen molar-refractivity contribution in [2.45, 2.75) is 25.8 Å². The van der Waals surface area contributed by atoms with Crippen LogP contribution in [-0.2, 0) is 6.42 Å². The molecule has 0 aliphatic carbocycles. The summed E-state index contributed by atoms with van der Waals surface area (Å²) >= 11 is 0. The lowest BCUT2D eigenvalue weighted by atomic mass is 9.95. The SMILES string of the molecule is COc1cc(CC(C)(C)N)c(OC)cc1F. The molecule has 0 fully saturated rings. The van der Waals surface area contributed by atoms with E-state index in [1.165, 1.54) is 20.3 Å². The van der Waals surface area contributed by atoms with E-state index in [-0.39, 0.29) is 11.3 Å². The van der Waals surface area contributed by atoms with Crippen LogP contribution in [0.15, 0.2) is 12.1 Å². The van der Waals surface area contributed by atoms with E-state index in [0.29, 0.717) is 12.2 Å². The minimum absolute atomic E-state index is 0.208. The van der Waals surface area contributed by atoms with Crippen LogP contribution in [0.4, 0.5) is 4.39 Å². The van der Waals surface area contributed by atoms with Crippen LogP contribution in [0.25, 0.3) is 0 Å². The molecule has 0 aromatic heterocycles. The fourth-order valence-corrected chi connectivity index (χ4v) is 1.55. The first-order valence-electron chi connectivity index (χ1n) is 5.06. The molecular formula is C12H18FNO2. The number of ether oxygens (including phenoxy) is 2. The summed E-state index contributed by atoms with van der Waals surface area (Å²) in [5, 5.41) is 0. The molecule has 0 atom stereocenters. The highest BCUT2D eigenvalue weighted by molar-refractivity contribution is 5.42. The van der Waals surface area contributed by atoms with Crippen molar-refractivity contribution in [3.8, 4) is 11.5 Å². The van der Waals surface area contributed by atoms with Crippen LogP contribution in [0.5, 0.6) is 11.5 Å². The standard InChI is InChI=1S/C12H18FNO2/c1-12(2,14)7-8-5-11(16-4)9(13)6-10(8)15-3/h5-6H,7,14H2,1-4H3. The average Bonchev–Trinajstić information content (AvgIpc) is 2.18. The Balaban J connectivity index is 3.15. The normalized spacial score (nSPS) is 11.4. The van der Waals surface area contributed by atoms with Gasteiger partial charge in [0.25, 0.3) is 0 Å². The van der Waals surface area contributed by atoms with Gasteiger partial charge in [-0.3, -0.25) is 0 Å². The van der Waals surface area contributed by atoms with Crippen molar-refractivity contribution in [3.63, 3.8) is 0 Å². The molecule has 2 N–H and O–H groups in total. The third-order valence-corrected chi connectivity index (χ3v) is 2.20. The Morgan fingerprint density at radius 3 is 2.19 bits per heavy atom. The number of rotatable bonds is 4. The molecule has 0 aliphatic heterocycles. The summed E-state index contributed by atoms with van der Waals surface area (Å²) in [6, 6.07) is 2.95. The van der Waals surface area contributed by atoms with Crippen molar-refractivity contribution in [2.75, 3.05) is 14.2 Å². The van der Waals surface area contributed by atoms with Gasteiger partial charge in [-0.15, -0.1) is 0 Å². The average molecular weight is 227 g/mol. The molecule has 0 spiro atoms. The van der Waals surface area contributed by atoms with Crippen LogP contribution in [0.2, 0.25) is 0 Å². The summed E-state index contributed by atoms with van der Waals surface area (Å²) in [4.78, 5) is 0. The van der Waals surface area contributed by atoms with Crippen LogP contribution >= 0.6 is 0 Å². The van der Waals surface area contributed by atoms with Gasteiger partial charge < -0.3 is 15.2 Å². The number of benzene rings is 1. The minimum atomic E-state index is -0.432. The van der Waals surface area contributed by atoms with E-state index in [1.807, 2.05) is 13.8 Å². The molecule has 1 aromatic carbocycles. The zero-order chi connectivity index (χ0) is 12.3. The van der Waals surface area contributed by atoms with Gasteiger partial charge in [-0.1, -0.05) is 0 Å². The third kappa shape index (κ3) is 3.10. The van der Waals surface area contributed by atoms with Gasteiger partial charge in [-0.2, -0.15) is 0 Å². The first-order chi connectivity index (χ1) is 7.37. The lowest BCUT2D eigenvalue weighted by molar-refractivity contribution is 0.371. The van der Waals surface area contributed by atoms with E-state index in [9.17, 15) is 4.39 Å². The zero-order valence-electron chi connectivity index (χ0n) is 10.1. The first kappa shape index (κ1) is 12.8. The molecule has 0 unspecified atom stereocenters. The van der Waals surface area contributed by atoms with Crippen molar-refractivity contribution in [2.24, 2.45) is 5.73 Å². The quantitative estimate of drug-likeness (QED) is 0.857. The van der Waals surface area contributed by atoms with Gasteiger partial charge in [0.15, 0.2) is 11.6 Å². The van der Waals surface area contributed by atoms with E-state index >= 15 is 0 Å². The molecule has 0 aliphatic rings. The molecule has 4 heteroatoms. The van der Waals surface area contributed by atoms with Gasteiger partial charge in [0.05, 0.1) is 14.2 Å². The second kappa shape index (κ2) is 4.70. The van der Waals surface area contributed by atoms with Gasteiger partial charge >= 0.3 is 0 Å². The monoisotopic (exact) mass is 227 g/mol. The predicted molar refractivity (Wildman–Crippen MR) is 61.5 cm³/mol. The number of methoxy groups -OCH3 is 2. The van der Waals surface area contributed by atoms with Crippen molar-refractivity contribution in [3.05, 3.63) is 23.5 Å². The maximum Gasteiger partial charge on any atom is 0.168 e. The molecule has 0 heterocycles. The van der Waals surface area contributed by atoms with E-state index < -0.39 is 5.82 Å². The second-order valence-corrected chi connectivity index (χ2v) is 4.46. The topological polar surface area (TPSA) is 44.5 Å². The highest BCUT2D eigenvalue weighted by Crippen LogP contribution is 2.29. The molecule has 0 radical (unpaired) electrons. The number of hydrogen-bond acceptors (Lipinski definition) is 3. The van der Waals surface area contributed by atoms with Gasteiger partial charge in [0.2, 0.25) is 0 Å². The minimum Gasteiger partial charge on any atom is -0.496 e. The summed E-state index contributed by atoms with van der Waals surface area (Å²) in [5.74, 6) is 0.273. The maximum atomic E-state index is 13.4. The highest BCUT2D eigenvalue weighted by Gasteiger charge is 2.17. The molecular weight excluding hydrogens is 209 g/mol. The maximum absolute atomic E-state index is 13.4. The number of nitrogens with two attached hydrogens (primary N) is 1. The van der Waals surface area contributed by atoms with Gasteiger partial charge in [-0.25, -0.2) is 4.39 Å². The van der Waals surface area contributed by atoms with Crippen LogP contribution in [0.1, 0.15) is 19.4 Å². The molecule has 90 valence electrons. The summed E-state index contributed by atoms with van der Waals surface area (Å²) < 4.78 is 23.5. The fourth-order valence-electron chi connectivity index (χ4n) is 1.55. The van der Waals surface area contributed by atoms with Crippen molar-refractivity contribution < 1.29 is 13.9 Å². The molecule has 0 bridgehead atoms. The van der Waals surface area contributed by atoms with Gasteiger partial charge in [-0.05, 0) is 31.9 Å². The van der Waals surface area contributed by atoms with Gasteiger partial charge in [0, 0.05) is 11.6 Å². The molecule has 0 saturated carbocycles. The number of halogens is 1. The Hall–Kier alpha value is -1.29. The highest BCUT2D eigenvalue weighted by atomic mass is 19.1. The second-order valence-electron chi connectivity index (χ2n) is 4.46. The Kier molecular flexibility index (Phi) is 3.75. The van der Waals surface area contributed by atoms with E-state index in [1.54, 1.807) is 6.07 Å². The first-order valence-corrected chi connectivity index (χ1v) is 5.06. The van der Waals surface area contributed by atoms with Crippen LogP contribution < -0.4 is 15.2 Å². The molecule has 0 saturated heterocycles. The molecule has 0 amide bonds. The van der Waals surface area contributed by atoms with E-state index in [4.69, 9.17) is 15.2 Å². The van der Waals surface area contributed by atoms with E-state index in [0.717, 1.165) is 5.56 Å². The summed E-state index contributed by atoms with van der Waals surface area (Å²) in [7, 11) is 2.94. The Morgan fingerprint density at radius 2 is 1.75 bits per heavy atom. The Bertz CT molecular complexity index is 372. The van der Waals surface area contributed by atoms with E-state index in [2.05, 4.69) is 0 Å². The molecule has 1 aromatic rings. The van der Waals surface area contributed by atoms with Crippen molar-refractivity contribution in [1.29, 1.82) is 0 Å².